The number of rotatable bonds is 5. The number of carbonyl (C=O) groups excluding carboxylic acids is 1. The van der Waals surface area contributed by atoms with Gasteiger partial charge in [0, 0.05) is 25.1 Å². The predicted octanol–water partition coefficient (Wildman–Crippen LogP) is 3.57. The Kier molecular flexibility index (Phi) is 4.62. The van der Waals surface area contributed by atoms with Gasteiger partial charge in [0.25, 0.3) is 0 Å². The van der Waals surface area contributed by atoms with Crippen LogP contribution in [0.4, 0.5) is 0 Å². The molecule has 138 valence electrons. The first-order chi connectivity index (χ1) is 13.1. The van der Waals surface area contributed by atoms with Gasteiger partial charge in [0.1, 0.15) is 5.75 Å². The lowest BCUT2D eigenvalue weighted by Crippen LogP contribution is -2.24. The van der Waals surface area contributed by atoms with Crippen LogP contribution in [0.15, 0.2) is 53.1 Å². The van der Waals surface area contributed by atoms with E-state index >= 15 is 0 Å². The summed E-state index contributed by atoms with van der Waals surface area (Å²) in [7, 11) is 1.64. The van der Waals surface area contributed by atoms with Crippen molar-refractivity contribution in [1.29, 1.82) is 0 Å². The molecule has 0 radical (unpaired) electrons. The van der Waals surface area contributed by atoms with Crippen molar-refractivity contribution in [2.75, 3.05) is 13.7 Å². The van der Waals surface area contributed by atoms with Gasteiger partial charge in [0.2, 0.25) is 17.6 Å². The topological polar surface area (TPSA) is 68.5 Å². The van der Waals surface area contributed by atoms with E-state index in [1.807, 2.05) is 60.4 Å². The maximum atomic E-state index is 12.4. The van der Waals surface area contributed by atoms with E-state index in [4.69, 9.17) is 9.26 Å². The van der Waals surface area contributed by atoms with Gasteiger partial charge >= 0.3 is 0 Å². The summed E-state index contributed by atoms with van der Waals surface area (Å²) in [6.45, 7) is 3.17. The molecule has 6 nitrogen and oxygen atoms in total. The molecule has 1 atom stereocenters. The Bertz CT molecular complexity index is 949. The van der Waals surface area contributed by atoms with E-state index in [-0.39, 0.29) is 11.8 Å². The number of carbonyl (C=O) groups is 1. The van der Waals surface area contributed by atoms with Crippen LogP contribution in [-0.4, -0.2) is 34.6 Å². The Morgan fingerprint density at radius 2 is 1.96 bits per heavy atom. The van der Waals surface area contributed by atoms with Crippen LogP contribution in [-0.2, 0) is 11.3 Å². The van der Waals surface area contributed by atoms with E-state index in [1.165, 1.54) is 0 Å². The average Bonchev–Trinajstić information content (AvgIpc) is 3.30. The van der Waals surface area contributed by atoms with Gasteiger partial charge in [-0.3, -0.25) is 4.79 Å². The lowest BCUT2D eigenvalue weighted by Gasteiger charge is -2.16. The maximum Gasteiger partial charge on any atom is 0.232 e. The quantitative estimate of drug-likeness (QED) is 0.693. The van der Waals surface area contributed by atoms with Crippen LogP contribution in [0.5, 0.6) is 5.75 Å². The lowest BCUT2D eigenvalue weighted by molar-refractivity contribution is -0.128. The van der Waals surface area contributed by atoms with Gasteiger partial charge in [0.15, 0.2) is 0 Å². The van der Waals surface area contributed by atoms with Gasteiger partial charge in [-0.15, -0.1) is 0 Å². The maximum absolute atomic E-state index is 12.4. The normalized spacial score (nSPS) is 16.7. The van der Waals surface area contributed by atoms with Crippen molar-refractivity contribution < 1.29 is 14.1 Å². The molecule has 1 unspecified atom stereocenters. The summed E-state index contributed by atoms with van der Waals surface area (Å²) in [5.74, 6) is 1.94. The minimum absolute atomic E-state index is 0.0685. The summed E-state index contributed by atoms with van der Waals surface area (Å²) in [6.07, 6.45) is 0.394. The van der Waals surface area contributed by atoms with Crippen molar-refractivity contribution in [2.45, 2.75) is 25.8 Å². The first-order valence-electron chi connectivity index (χ1n) is 8.94. The summed E-state index contributed by atoms with van der Waals surface area (Å²) in [4.78, 5) is 18.8. The molecule has 0 saturated carbocycles. The minimum Gasteiger partial charge on any atom is -0.497 e. The van der Waals surface area contributed by atoms with Crippen molar-refractivity contribution in [3.63, 3.8) is 0 Å². The molecule has 4 rings (SSSR count). The third-order valence-corrected chi connectivity index (χ3v) is 4.92. The largest absolute Gasteiger partial charge is 0.497 e. The minimum atomic E-state index is -0.0685. The molecule has 1 aromatic heterocycles. The van der Waals surface area contributed by atoms with E-state index < -0.39 is 0 Å². The van der Waals surface area contributed by atoms with Crippen molar-refractivity contribution in [3.8, 4) is 17.1 Å². The molecule has 0 N–H and O–H groups in total. The summed E-state index contributed by atoms with van der Waals surface area (Å²) in [5.41, 5.74) is 3.11. The number of ether oxygens (including phenoxy) is 1. The standard InChI is InChI=1S/C21H21N3O3/c1-14-5-3-4-6-18(14)20-22-21(27-23-20)16-11-19(25)24(13-16)12-15-7-9-17(26-2)10-8-15/h3-10,16H,11-13H2,1-2H3. The van der Waals surface area contributed by atoms with Crippen LogP contribution in [0.3, 0.4) is 0 Å². The second-order valence-electron chi connectivity index (χ2n) is 6.79. The molecule has 6 heteroatoms. The molecule has 1 aliphatic heterocycles. The van der Waals surface area contributed by atoms with Crippen molar-refractivity contribution in [3.05, 3.63) is 65.5 Å². The highest BCUT2D eigenvalue weighted by Gasteiger charge is 2.34. The zero-order valence-electron chi connectivity index (χ0n) is 15.4. The van der Waals surface area contributed by atoms with Gasteiger partial charge < -0.3 is 14.2 Å². The number of methoxy groups -OCH3 is 1. The monoisotopic (exact) mass is 363 g/mol. The van der Waals surface area contributed by atoms with Crippen LogP contribution >= 0.6 is 0 Å². The zero-order chi connectivity index (χ0) is 18.8. The molecule has 1 saturated heterocycles. The average molecular weight is 363 g/mol. The zero-order valence-corrected chi connectivity index (χ0v) is 15.4. The summed E-state index contributed by atoms with van der Waals surface area (Å²) >= 11 is 0. The molecule has 0 spiro atoms. The number of aromatic nitrogens is 2. The third kappa shape index (κ3) is 3.56. The highest BCUT2D eigenvalue weighted by molar-refractivity contribution is 5.79. The summed E-state index contributed by atoms with van der Waals surface area (Å²) in [5, 5.41) is 4.12. The van der Waals surface area contributed by atoms with E-state index in [2.05, 4.69) is 10.1 Å². The number of benzene rings is 2. The van der Waals surface area contributed by atoms with E-state index in [1.54, 1.807) is 7.11 Å². The molecule has 0 bridgehead atoms. The fourth-order valence-corrected chi connectivity index (χ4v) is 3.38. The molecule has 1 fully saturated rings. The van der Waals surface area contributed by atoms with Crippen LogP contribution < -0.4 is 4.74 Å². The second kappa shape index (κ2) is 7.23. The second-order valence-corrected chi connectivity index (χ2v) is 6.79. The van der Waals surface area contributed by atoms with Crippen LogP contribution in [0.25, 0.3) is 11.4 Å². The number of amides is 1. The Morgan fingerprint density at radius 1 is 1.19 bits per heavy atom. The fourth-order valence-electron chi connectivity index (χ4n) is 3.38. The number of likely N-dealkylation sites (tertiary alicyclic amines) is 1. The van der Waals surface area contributed by atoms with Gasteiger partial charge in [-0.1, -0.05) is 41.6 Å². The molecule has 27 heavy (non-hydrogen) atoms. The third-order valence-electron chi connectivity index (χ3n) is 4.92. The lowest BCUT2D eigenvalue weighted by atomic mass is 10.1. The number of aryl methyl sites for hydroxylation is 1. The Labute approximate surface area is 157 Å². The first-order valence-corrected chi connectivity index (χ1v) is 8.94. The first kappa shape index (κ1) is 17.3. The van der Waals surface area contributed by atoms with Crippen LogP contribution in [0, 0.1) is 6.92 Å². The molecule has 1 aliphatic rings. The van der Waals surface area contributed by atoms with Gasteiger partial charge in [-0.25, -0.2) is 0 Å². The van der Waals surface area contributed by atoms with Crippen LogP contribution in [0.2, 0.25) is 0 Å². The van der Waals surface area contributed by atoms with E-state index in [0.717, 1.165) is 22.4 Å². The highest BCUT2D eigenvalue weighted by atomic mass is 16.5. The Hall–Kier alpha value is -3.15. The SMILES string of the molecule is COc1ccc(CN2CC(c3nc(-c4ccccc4C)no3)CC2=O)cc1. The Morgan fingerprint density at radius 3 is 2.70 bits per heavy atom. The van der Waals surface area contributed by atoms with Crippen molar-refractivity contribution in [1.82, 2.24) is 15.0 Å². The highest BCUT2D eigenvalue weighted by Crippen LogP contribution is 2.30. The Balaban J connectivity index is 1.47. The van der Waals surface area contributed by atoms with Crippen molar-refractivity contribution >= 4 is 5.91 Å². The molecule has 2 heterocycles. The number of hydrogen-bond acceptors (Lipinski definition) is 5. The molecular weight excluding hydrogens is 342 g/mol. The fraction of sp³-hybridized carbons (Fsp3) is 0.286. The summed E-state index contributed by atoms with van der Waals surface area (Å²) in [6, 6.07) is 15.7. The van der Waals surface area contributed by atoms with Gasteiger partial charge in [0.05, 0.1) is 13.0 Å². The smallest absolute Gasteiger partial charge is 0.232 e. The predicted molar refractivity (Wildman–Crippen MR) is 100 cm³/mol. The number of nitrogens with zero attached hydrogens (tertiary/aromatic N) is 3. The van der Waals surface area contributed by atoms with Crippen LogP contribution in [0.1, 0.15) is 29.4 Å². The number of hydrogen-bond donors (Lipinski definition) is 0. The molecule has 3 aromatic rings. The summed E-state index contributed by atoms with van der Waals surface area (Å²) < 4.78 is 10.7. The molecule has 2 aromatic carbocycles. The molecule has 0 aliphatic carbocycles. The van der Waals surface area contributed by atoms with E-state index in [0.29, 0.717) is 31.2 Å². The molecule has 1 amide bonds. The van der Waals surface area contributed by atoms with Gasteiger partial charge in [-0.05, 0) is 30.2 Å². The molecular formula is C21H21N3O3. The van der Waals surface area contributed by atoms with Crippen molar-refractivity contribution in [2.24, 2.45) is 0 Å². The van der Waals surface area contributed by atoms with E-state index in [9.17, 15) is 4.79 Å². The van der Waals surface area contributed by atoms with Gasteiger partial charge in [-0.2, -0.15) is 4.98 Å².